The molecule has 0 fully saturated rings. The molecule has 3 aromatic rings. The molecule has 1 unspecified atom stereocenters. The van der Waals surface area contributed by atoms with Gasteiger partial charge in [0.05, 0.1) is 4.90 Å². The number of sulfone groups is 1. The number of rotatable bonds is 6. The van der Waals surface area contributed by atoms with Gasteiger partial charge in [-0.15, -0.1) is 0 Å². The van der Waals surface area contributed by atoms with Gasteiger partial charge in [0, 0.05) is 0 Å². The molecule has 3 rings (SSSR count). The number of ether oxygens (including phenoxy) is 1. The smallest absolute Gasteiger partial charge is 0.408 e. The minimum Gasteiger partial charge on any atom is -0.445 e. The Balaban J connectivity index is 1.82. The molecular weight excluding hydrogens is 362 g/mol. The van der Waals surface area contributed by atoms with E-state index in [-0.39, 0.29) is 11.5 Å². The lowest BCUT2D eigenvalue weighted by molar-refractivity contribution is 0.138. The van der Waals surface area contributed by atoms with Crippen molar-refractivity contribution >= 4 is 15.9 Å². The van der Waals surface area contributed by atoms with E-state index < -0.39 is 21.3 Å². The number of carbonyl (C=O) groups excluding carboxylic acids is 1. The first-order valence-electron chi connectivity index (χ1n) is 8.38. The number of amides is 1. The van der Waals surface area contributed by atoms with Crippen LogP contribution in [0.15, 0.2) is 95.9 Å². The van der Waals surface area contributed by atoms with E-state index in [9.17, 15) is 13.2 Å². The van der Waals surface area contributed by atoms with Gasteiger partial charge in [0.15, 0.2) is 5.37 Å². The summed E-state index contributed by atoms with van der Waals surface area (Å²) in [6, 6.07) is 25.7. The van der Waals surface area contributed by atoms with E-state index >= 15 is 0 Å². The number of hydrogen-bond acceptors (Lipinski definition) is 4. The summed E-state index contributed by atoms with van der Waals surface area (Å²) < 4.78 is 31.3. The molecule has 0 spiro atoms. The van der Waals surface area contributed by atoms with Gasteiger partial charge in [-0.25, -0.2) is 13.2 Å². The van der Waals surface area contributed by atoms with Gasteiger partial charge in [0.2, 0.25) is 9.84 Å². The van der Waals surface area contributed by atoms with Gasteiger partial charge in [-0.2, -0.15) is 0 Å². The van der Waals surface area contributed by atoms with Crippen LogP contribution < -0.4 is 5.32 Å². The van der Waals surface area contributed by atoms with Gasteiger partial charge in [-0.05, 0) is 23.3 Å². The fourth-order valence-electron chi connectivity index (χ4n) is 2.59. The van der Waals surface area contributed by atoms with Gasteiger partial charge in [0.25, 0.3) is 0 Å². The van der Waals surface area contributed by atoms with Crippen LogP contribution in [0, 0.1) is 0 Å². The quantitative estimate of drug-likeness (QED) is 0.698. The molecule has 0 saturated heterocycles. The zero-order valence-corrected chi connectivity index (χ0v) is 15.3. The van der Waals surface area contributed by atoms with Crippen LogP contribution in [0.5, 0.6) is 0 Å². The normalized spacial score (nSPS) is 12.1. The van der Waals surface area contributed by atoms with Crippen LogP contribution in [0.25, 0.3) is 0 Å². The predicted octanol–water partition coefficient (Wildman–Crippen LogP) is 4.09. The highest BCUT2D eigenvalue weighted by Crippen LogP contribution is 2.26. The Morgan fingerprint density at radius 2 is 1.33 bits per heavy atom. The number of alkyl carbamates (subject to hydrolysis) is 1. The molecular formula is C21H19NO4S. The van der Waals surface area contributed by atoms with Crippen molar-refractivity contribution in [3.63, 3.8) is 0 Å². The fourth-order valence-corrected chi connectivity index (χ4v) is 4.16. The first kappa shape index (κ1) is 18.7. The largest absolute Gasteiger partial charge is 0.445 e. The molecule has 0 heterocycles. The molecule has 0 saturated carbocycles. The molecule has 0 aliphatic heterocycles. The van der Waals surface area contributed by atoms with Crippen LogP contribution in [0.4, 0.5) is 4.79 Å². The summed E-state index contributed by atoms with van der Waals surface area (Å²) in [7, 11) is -3.84. The Morgan fingerprint density at radius 3 is 1.93 bits per heavy atom. The van der Waals surface area contributed by atoms with Gasteiger partial charge in [0.1, 0.15) is 6.61 Å². The summed E-state index contributed by atoms with van der Waals surface area (Å²) in [5.74, 6) is 0. The van der Waals surface area contributed by atoms with Crippen LogP contribution in [-0.2, 0) is 21.2 Å². The van der Waals surface area contributed by atoms with E-state index in [0.29, 0.717) is 5.56 Å². The molecule has 1 amide bonds. The van der Waals surface area contributed by atoms with E-state index in [2.05, 4.69) is 5.32 Å². The molecule has 138 valence electrons. The summed E-state index contributed by atoms with van der Waals surface area (Å²) in [4.78, 5) is 12.4. The maximum absolute atomic E-state index is 13.1. The highest BCUT2D eigenvalue weighted by molar-refractivity contribution is 7.91. The first-order valence-corrected chi connectivity index (χ1v) is 9.93. The molecule has 1 atom stereocenters. The summed E-state index contributed by atoms with van der Waals surface area (Å²) >= 11 is 0. The van der Waals surface area contributed by atoms with Crippen LogP contribution >= 0.6 is 0 Å². The lowest BCUT2D eigenvalue weighted by atomic mass is 10.2. The Bertz CT molecular complexity index is 974. The minimum atomic E-state index is -3.84. The van der Waals surface area contributed by atoms with Crippen molar-refractivity contribution in [3.8, 4) is 0 Å². The average Bonchev–Trinajstić information content (AvgIpc) is 2.72. The third-order valence-corrected chi connectivity index (χ3v) is 5.89. The summed E-state index contributed by atoms with van der Waals surface area (Å²) in [5, 5.41) is 1.25. The van der Waals surface area contributed by atoms with E-state index in [4.69, 9.17) is 4.74 Å². The SMILES string of the molecule is O=C(NC(c1ccccc1)S(=O)(=O)c1ccccc1)OCc1ccccc1. The molecule has 6 heteroatoms. The van der Waals surface area contributed by atoms with Crippen molar-refractivity contribution in [2.75, 3.05) is 0 Å². The van der Waals surface area contributed by atoms with Gasteiger partial charge < -0.3 is 10.1 Å². The lowest BCUT2D eigenvalue weighted by Gasteiger charge is -2.19. The second-order valence-corrected chi connectivity index (χ2v) is 7.89. The van der Waals surface area contributed by atoms with Crippen LogP contribution in [-0.4, -0.2) is 14.5 Å². The lowest BCUT2D eigenvalue weighted by Crippen LogP contribution is -2.34. The summed E-state index contributed by atoms with van der Waals surface area (Å²) in [5.41, 5.74) is 1.27. The monoisotopic (exact) mass is 381 g/mol. The second kappa shape index (κ2) is 8.51. The standard InChI is InChI=1S/C21H19NO4S/c23-21(26-16-17-10-4-1-5-11-17)22-20(18-12-6-2-7-13-18)27(24,25)19-14-8-3-9-15-19/h1-15,20H,16H2,(H,22,23). The van der Waals surface area contributed by atoms with E-state index in [0.717, 1.165) is 5.56 Å². The maximum atomic E-state index is 13.1. The van der Waals surface area contributed by atoms with Crippen molar-refractivity contribution in [2.24, 2.45) is 0 Å². The molecule has 0 aliphatic carbocycles. The van der Waals surface area contributed by atoms with E-state index in [1.807, 2.05) is 30.3 Å². The highest BCUT2D eigenvalue weighted by Gasteiger charge is 2.31. The Hall–Kier alpha value is -3.12. The summed E-state index contributed by atoms with van der Waals surface area (Å²) in [6.07, 6.45) is -0.799. The van der Waals surface area contributed by atoms with Gasteiger partial charge in [-0.3, -0.25) is 0 Å². The van der Waals surface area contributed by atoms with Crippen molar-refractivity contribution in [3.05, 3.63) is 102 Å². The molecule has 27 heavy (non-hydrogen) atoms. The Kier molecular flexibility index (Phi) is 5.88. The maximum Gasteiger partial charge on any atom is 0.408 e. The minimum absolute atomic E-state index is 0.0551. The average molecular weight is 381 g/mol. The zero-order valence-electron chi connectivity index (χ0n) is 14.5. The zero-order chi connectivity index (χ0) is 19.1. The number of hydrogen-bond donors (Lipinski definition) is 1. The van der Waals surface area contributed by atoms with Crippen molar-refractivity contribution in [1.82, 2.24) is 5.32 Å². The highest BCUT2D eigenvalue weighted by atomic mass is 32.2. The molecule has 0 radical (unpaired) electrons. The number of benzene rings is 3. The molecule has 3 aromatic carbocycles. The molecule has 0 aliphatic rings. The predicted molar refractivity (Wildman–Crippen MR) is 103 cm³/mol. The van der Waals surface area contributed by atoms with Crippen LogP contribution in [0.3, 0.4) is 0 Å². The number of carbonyl (C=O) groups is 1. The third kappa shape index (κ3) is 4.74. The first-order chi connectivity index (χ1) is 13.1. The second-order valence-electron chi connectivity index (χ2n) is 5.85. The molecule has 5 nitrogen and oxygen atoms in total. The van der Waals surface area contributed by atoms with Crippen molar-refractivity contribution in [2.45, 2.75) is 16.9 Å². The van der Waals surface area contributed by atoms with E-state index in [1.165, 1.54) is 12.1 Å². The van der Waals surface area contributed by atoms with Gasteiger partial charge >= 0.3 is 6.09 Å². The van der Waals surface area contributed by atoms with Crippen LogP contribution in [0.1, 0.15) is 16.5 Å². The molecule has 0 aromatic heterocycles. The number of nitrogens with one attached hydrogen (secondary N) is 1. The fraction of sp³-hybridized carbons (Fsp3) is 0.0952. The van der Waals surface area contributed by atoms with E-state index in [1.54, 1.807) is 48.5 Å². The molecule has 0 bridgehead atoms. The van der Waals surface area contributed by atoms with Crippen molar-refractivity contribution in [1.29, 1.82) is 0 Å². The Morgan fingerprint density at radius 1 is 0.815 bits per heavy atom. The summed E-state index contributed by atoms with van der Waals surface area (Å²) in [6.45, 7) is 0.0551. The van der Waals surface area contributed by atoms with Gasteiger partial charge in [-0.1, -0.05) is 78.9 Å². The van der Waals surface area contributed by atoms with Crippen molar-refractivity contribution < 1.29 is 17.9 Å². The molecule has 1 N–H and O–H groups in total. The van der Waals surface area contributed by atoms with Crippen LogP contribution in [0.2, 0.25) is 0 Å². The Labute approximate surface area is 158 Å². The topological polar surface area (TPSA) is 72.5 Å². The third-order valence-electron chi connectivity index (χ3n) is 3.95.